The number of carbonyl (C=O) groups is 2. The van der Waals surface area contributed by atoms with Crippen molar-refractivity contribution in [2.45, 2.75) is 44.9 Å². The van der Waals surface area contributed by atoms with Crippen LogP contribution in [-0.2, 0) is 27.4 Å². The van der Waals surface area contributed by atoms with Crippen LogP contribution in [0.15, 0.2) is 66.9 Å². The Morgan fingerprint density at radius 3 is 2.11 bits per heavy atom. The number of methoxy groups -OCH3 is 3. The molecule has 3 aromatic carbocycles. The quantitative estimate of drug-likeness (QED) is 0.0841. The van der Waals surface area contributed by atoms with Gasteiger partial charge >= 0.3 is 5.97 Å². The molecule has 1 N–H and O–H groups in total. The number of halogens is 2. The Hall–Kier alpha value is -3.83. The lowest BCUT2D eigenvalue weighted by molar-refractivity contribution is -0.142. The number of benzene rings is 3. The van der Waals surface area contributed by atoms with Crippen LogP contribution in [0.5, 0.6) is 11.5 Å². The number of aromatic nitrogens is 2. The zero-order chi connectivity index (χ0) is 33.4. The van der Waals surface area contributed by atoms with Gasteiger partial charge in [-0.3, -0.25) is 4.79 Å². The van der Waals surface area contributed by atoms with Crippen LogP contribution in [0.4, 0.5) is 0 Å². The lowest BCUT2D eigenvalue weighted by atomic mass is 9.99. The van der Waals surface area contributed by atoms with Crippen molar-refractivity contribution in [3.05, 3.63) is 88.0 Å². The molecule has 4 rings (SSSR count). The first-order chi connectivity index (χ1) is 21.9. The Labute approximate surface area is 280 Å². The minimum atomic E-state index is -1.22. The smallest absolute Gasteiger partial charge is 0.328 e. The number of nitrogens with one attached hydrogen (secondary N) is 1. The summed E-state index contributed by atoms with van der Waals surface area (Å²) in [7, 11) is 3.25. The van der Waals surface area contributed by atoms with Gasteiger partial charge in [-0.2, -0.15) is 5.10 Å². The van der Waals surface area contributed by atoms with E-state index < -0.39 is 26.0 Å². The third kappa shape index (κ3) is 8.70. The van der Waals surface area contributed by atoms with E-state index in [0.29, 0.717) is 23.7 Å². The van der Waals surface area contributed by atoms with Crippen molar-refractivity contribution in [3.8, 4) is 33.9 Å². The molecule has 46 heavy (non-hydrogen) atoms. The fraction of sp³-hybridized carbons (Fsp3) is 0.324. The topological polar surface area (TPSA) is 101 Å². The lowest BCUT2D eigenvalue weighted by Crippen LogP contribution is -2.43. The van der Waals surface area contributed by atoms with Crippen LogP contribution < -0.4 is 14.8 Å². The summed E-state index contributed by atoms with van der Waals surface area (Å²) in [5.41, 5.74) is 3.94. The van der Waals surface area contributed by atoms with Crippen LogP contribution in [0.3, 0.4) is 0 Å². The second-order valence-corrected chi connectivity index (χ2v) is 18.3. The number of hydrogen-bond donors (Lipinski definition) is 1. The maximum atomic E-state index is 13.5. The van der Waals surface area contributed by atoms with Gasteiger partial charge in [-0.1, -0.05) is 73.2 Å². The SMILES string of the molecule is COC(=O)[C@H](Cc1ccc(-c2c(OC)cccc2OC)cc1)NC(=O)c1c(Cl)cc(-c2ccnn2COCC[Si](C)(C)C)cc1Cl. The van der Waals surface area contributed by atoms with E-state index in [1.54, 1.807) is 37.2 Å². The lowest BCUT2D eigenvalue weighted by Gasteiger charge is -2.19. The molecule has 12 heteroatoms. The molecule has 0 aliphatic heterocycles. The molecule has 0 unspecified atom stereocenters. The molecule has 9 nitrogen and oxygen atoms in total. The number of hydrogen-bond acceptors (Lipinski definition) is 7. The first kappa shape index (κ1) is 35.0. The minimum Gasteiger partial charge on any atom is -0.496 e. The Morgan fingerprint density at radius 1 is 0.913 bits per heavy atom. The van der Waals surface area contributed by atoms with Crippen molar-refractivity contribution < 1.29 is 28.5 Å². The molecule has 1 aromatic heterocycles. The summed E-state index contributed by atoms with van der Waals surface area (Å²) in [6.07, 6.45) is 1.84. The highest BCUT2D eigenvalue weighted by molar-refractivity contribution is 6.76. The van der Waals surface area contributed by atoms with Crippen molar-refractivity contribution >= 4 is 43.2 Å². The maximum Gasteiger partial charge on any atom is 0.328 e. The van der Waals surface area contributed by atoms with E-state index in [9.17, 15) is 9.59 Å². The molecule has 1 heterocycles. The zero-order valence-corrected chi connectivity index (χ0v) is 29.4. The fourth-order valence-electron chi connectivity index (χ4n) is 4.89. The highest BCUT2D eigenvalue weighted by atomic mass is 35.5. The number of amides is 1. The van der Waals surface area contributed by atoms with Gasteiger partial charge in [-0.15, -0.1) is 0 Å². The van der Waals surface area contributed by atoms with E-state index in [1.165, 1.54) is 7.11 Å². The Morgan fingerprint density at radius 2 is 1.54 bits per heavy atom. The largest absolute Gasteiger partial charge is 0.496 e. The first-order valence-electron chi connectivity index (χ1n) is 14.7. The van der Waals surface area contributed by atoms with Gasteiger partial charge in [0, 0.05) is 32.9 Å². The molecule has 0 fully saturated rings. The minimum absolute atomic E-state index is 0.0528. The van der Waals surface area contributed by atoms with Crippen LogP contribution in [0.1, 0.15) is 15.9 Å². The van der Waals surface area contributed by atoms with E-state index in [0.717, 1.165) is 28.4 Å². The summed E-state index contributed by atoms with van der Waals surface area (Å²) in [5, 5.41) is 7.38. The summed E-state index contributed by atoms with van der Waals surface area (Å²) in [6, 6.07) is 18.3. The van der Waals surface area contributed by atoms with Crippen molar-refractivity contribution in [3.63, 3.8) is 0 Å². The monoisotopic (exact) mass is 683 g/mol. The van der Waals surface area contributed by atoms with Gasteiger partial charge in [0.2, 0.25) is 0 Å². The standard InChI is InChI=1S/C34H39Cl2N3O6Si/c1-42-29-8-7-9-30(43-2)31(29)23-12-10-22(11-13-23)18-27(34(41)44-3)38-33(40)32-25(35)19-24(20-26(32)36)28-14-15-37-39(28)21-45-16-17-46(4,5)6/h7-15,19-20,27H,16-18,21H2,1-6H3,(H,38,40)/t27-/m0/s1. The molecular weight excluding hydrogens is 645 g/mol. The van der Waals surface area contributed by atoms with E-state index in [2.05, 4.69) is 30.1 Å². The molecule has 0 saturated carbocycles. The molecule has 0 aliphatic rings. The van der Waals surface area contributed by atoms with Crippen LogP contribution in [0.25, 0.3) is 22.4 Å². The second-order valence-electron chi connectivity index (χ2n) is 11.9. The Balaban J connectivity index is 1.50. The molecule has 0 aliphatic carbocycles. The van der Waals surface area contributed by atoms with E-state index in [-0.39, 0.29) is 28.8 Å². The van der Waals surface area contributed by atoms with Crippen molar-refractivity contribution in [2.75, 3.05) is 27.9 Å². The van der Waals surface area contributed by atoms with Gasteiger partial charge in [-0.05, 0) is 47.5 Å². The summed E-state index contributed by atoms with van der Waals surface area (Å²) in [6.45, 7) is 7.81. The summed E-state index contributed by atoms with van der Waals surface area (Å²) in [5.74, 6) is 0.130. The number of ether oxygens (including phenoxy) is 4. The molecule has 1 amide bonds. The number of nitrogens with zero attached hydrogens (tertiary/aromatic N) is 2. The van der Waals surface area contributed by atoms with Gasteiger partial charge in [-0.25, -0.2) is 9.48 Å². The highest BCUT2D eigenvalue weighted by Crippen LogP contribution is 2.38. The predicted octanol–water partition coefficient (Wildman–Crippen LogP) is 7.37. The number of rotatable bonds is 14. The summed E-state index contributed by atoms with van der Waals surface area (Å²) < 4.78 is 23.7. The van der Waals surface area contributed by atoms with Crippen LogP contribution >= 0.6 is 23.2 Å². The average molecular weight is 685 g/mol. The van der Waals surface area contributed by atoms with E-state index >= 15 is 0 Å². The third-order valence-corrected chi connectivity index (χ3v) is 9.69. The molecule has 244 valence electrons. The van der Waals surface area contributed by atoms with Gasteiger partial charge in [0.05, 0.1) is 48.2 Å². The first-order valence-corrected chi connectivity index (χ1v) is 19.2. The molecule has 4 aromatic rings. The van der Waals surface area contributed by atoms with Gasteiger partial charge in [0.15, 0.2) is 0 Å². The molecule has 0 bridgehead atoms. The maximum absolute atomic E-state index is 13.5. The molecule has 0 spiro atoms. The van der Waals surface area contributed by atoms with Crippen molar-refractivity contribution in [1.82, 2.24) is 15.1 Å². The zero-order valence-electron chi connectivity index (χ0n) is 26.9. The summed E-state index contributed by atoms with van der Waals surface area (Å²) in [4.78, 5) is 26.2. The van der Waals surface area contributed by atoms with Gasteiger partial charge in [0.1, 0.15) is 24.3 Å². The fourth-order valence-corrected chi connectivity index (χ4v) is 6.31. The predicted molar refractivity (Wildman–Crippen MR) is 184 cm³/mol. The second kappa shape index (κ2) is 15.6. The highest BCUT2D eigenvalue weighted by Gasteiger charge is 2.26. The van der Waals surface area contributed by atoms with Crippen LogP contribution in [0.2, 0.25) is 35.7 Å². The number of carbonyl (C=O) groups excluding carboxylic acids is 2. The Bertz CT molecular complexity index is 1630. The van der Waals surface area contributed by atoms with Gasteiger partial charge in [0.25, 0.3) is 5.91 Å². The van der Waals surface area contributed by atoms with Crippen LogP contribution in [0, 0.1) is 0 Å². The van der Waals surface area contributed by atoms with E-state index in [1.807, 2.05) is 48.5 Å². The molecule has 1 atom stereocenters. The molecule has 0 radical (unpaired) electrons. The number of esters is 1. The molecule has 0 saturated heterocycles. The normalized spacial score (nSPS) is 12.0. The average Bonchev–Trinajstić information content (AvgIpc) is 3.50. The summed E-state index contributed by atoms with van der Waals surface area (Å²) >= 11 is 13.2. The van der Waals surface area contributed by atoms with Crippen molar-refractivity contribution in [2.24, 2.45) is 0 Å². The van der Waals surface area contributed by atoms with Gasteiger partial charge < -0.3 is 24.3 Å². The Kier molecular flexibility index (Phi) is 11.9. The molecular formula is C34H39Cl2N3O6Si. The van der Waals surface area contributed by atoms with Crippen LogP contribution in [-0.4, -0.2) is 63.7 Å². The van der Waals surface area contributed by atoms with Crippen molar-refractivity contribution in [1.29, 1.82) is 0 Å². The van der Waals surface area contributed by atoms with E-state index in [4.69, 9.17) is 42.1 Å². The third-order valence-electron chi connectivity index (χ3n) is 7.39.